The van der Waals surface area contributed by atoms with Crippen LogP contribution in [0.15, 0.2) is 18.3 Å². The smallest absolute Gasteiger partial charge is 0.339 e. The number of aromatic nitrogens is 1. The number of halogens is 3. The molecule has 1 aliphatic heterocycles. The highest BCUT2D eigenvalue weighted by atomic mass is 19.4. The molecule has 1 aromatic rings. The molecule has 1 amide bonds. The van der Waals surface area contributed by atoms with Crippen molar-refractivity contribution in [1.82, 2.24) is 9.88 Å². The Morgan fingerprint density at radius 1 is 1.40 bits per heavy atom. The number of nitrogens with one attached hydrogen (secondary N) is 1. The number of anilines is 1. The molecule has 8 heteroatoms. The lowest BCUT2D eigenvalue weighted by molar-refractivity contribution is -0.183. The van der Waals surface area contributed by atoms with Crippen molar-refractivity contribution < 1.29 is 18.0 Å². The number of rotatable bonds is 2. The van der Waals surface area contributed by atoms with Crippen LogP contribution in [0.4, 0.5) is 19.0 Å². The molecule has 110 valence electrons. The number of piperidine rings is 1. The molecule has 2 rings (SSSR count). The Hall–Kier alpha value is -1.83. The zero-order chi connectivity index (χ0) is 14.8. The number of alkyl halides is 3. The maximum absolute atomic E-state index is 12.6. The molecule has 0 radical (unpaired) electrons. The number of pyridine rings is 1. The zero-order valence-electron chi connectivity index (χ0n) is 10.7. The van der Waals surface area contributed by atoms with Gasteiger partial charge < -0.3 is 10.3 Å². The van der Waals surface area contributed by atoms with Crippen LogP contribution in [-0.4, -0.2) is 35.1 Å². The molecule has 1 aliphatic rings. The van der Waals surface area contributed by atoms with E-state index >= 15 is 0 Å². The Bertz CT molecular complexity index is 484. The summed E-state index contributed by atoms with van der Waals surface area (Å²) in [6, 6.07) is 2.98. The van der Waals surface area contributed by atoms with Gasteiger partial charge in [-0.3, -0.25) is 4.79 Å². The van der Waals surface area contributed by atoms with E-state index in [2.05, 4.69) is 10.4 Å². The summed E-state index contributed by atoms with van der Waals surface area (Å²) >= 11 is 0. The molecule has 0 saturated carbocycles. The van der Waals surface area contributed by atoms with Crippen molar-refractivity contribution in [2.75, 3.05) is 18.5 Å². The molecule has 2 heterocycles. The Morgan fingerprint density at radius 2 is 2.05 bits per heavy atom. The Kier molecular flexibility index (Phi) is 4.12. The Balaban J connectivity index is 2.01. The average molecular weight is 288 g/mol. The number of nitrogen functional groups attached to an aromatic ring is 1. The molecule has 0 aliphatic carbocycles. The fourth-order valence-corrected chi connectivity index (χ4v) is 2.23. The molecule has 1 saturated heterocycles. The van der Waals surface area contributed by atoms with Gasteiger partial charge in [-0.05, 0) is 25.0 Å². The molecule has 0 atom stereocenters. The summed E-state index contributed by atoms with van der Waals surface area (Å²) in [5.74, 6) is 3.92. The van der Waals surface area contributed by atoms with Gasteiger partial charge in [0.2, 0.25) is 0 Å². The van der Waals surface area contributed by atoms with E-state index in [-0.39, 0.29) is 31.8 Å². The average Bonchev–Trinajstić information content (AvgIpc) is 2.46. The van der Waals surface area contributed by atoms with Gasteiger partial charge in [-0.15, -0.1) is 0 Å². The van der Waals surface area contributed by atoms with Crippen molar-refractivity contribution in [2.24, 2.45) is 11.8 Å². The third-order valence-electron chi connectivity index (χ3n) is 3.40. The van der Waals surface area contributed by atoms with Gasteiger partial charge in [0.15, 0.2) is 0 Å². The van der Waals surface area contributed by atoms with Crippen LogP contribution >= 0.6 is 0 Å². The minimum Gasteiger partial charge on any atom is -0.339 e. The van der Waals surface area contributed by atoms with E-state index in [0.29, 0.717) is 11.4 Å². The number of carbonyl (C=O) groups is 1. The lowest BCUT2D eigenvalue weighted by Crippen LogP contribution is -2.42. The maximum atomic E-state index is 12.6. The number of nitrogens with zero attached hydrogens (tertiary/aromatic N) is 2. The number of amides is 1. The van der Waals surface area contributed by atoms with E-state index < -0.39 is 12.1 Å². The van der Waals surface area contributed by atoms with E-state index in [0.717, 1.165) is 0 Å². The van der Waals surface area contributed by atoms with Gasteiger partial charge in [0.25, 0.3) is 5.91 Å². The summed E-state index contributed by atoms with van der Waals surface area (Å²) in [5, 5.41) is 0. The number of hydrogen-bond donors (Lipinski definition) is 2. The largest absolute Gasteiger partial charge is 0.391 e. The SMILES string of the molecule is NNc1cc(C(=O)N2CCC(C(F)(F)F)CC2)ccn1. The van der Waals surface area contributed by atoms with E-state index in [9.17, 15) is 18.0 Å². The number of likely N-dealkylation sites (tertiary alicyclic amines) is 1. The van der Waals surface area contributed by atoms with Gasteiger partial charge in [0.05, 0.1) is 5.92 Å². The number of hydrazine groups is 1. The van der Waals surface area contributed by atoms with Crippen molar-refractivity contribution in [3.8, 4) is 0 Å². The van der Waals surface area contributed by atoms with Gasteiger partial charge in [0, 0.05) is 24.8 Å². The van der Waals surface area contributed by atoms with E-state index in [1.807, 2.05) is 0 Å². The first-order valence-corrected chi connectivity index (χ1v) is 6.20. The summed E-state index contributed by atoms with van der Waals surface area (Å²) in [7, 11) is 0. The highest BCUT2D eigenvalue weighted by Gasteiger charge is 2.41. The minimum atomic E-state index is -4.18. The molecular formula is C12H15F3N4O. The summed E-state index contributed by atoms with van der Waals surface area (Å²) in [6.45, 7) is 0.216. The molecule has 0 bridgehead atoms. The highest BCUT2D eigenvalue weighted by Crippen LogP contribution is 2.34. The standard InChI is InChI=1S/C12H15F3N4O/c13-12(14,15)9-2-5-19(6-3-9)11(20)8-1-4-17-10(7-8)18-16/h1,4,7,9H,2-3,5-6,16H2,(H,17,18). The first-order valence-electron chi connectivity index (χ1n) is 6.20. The molecule has 20 heavy (non-hydrogen) atoms. The predicted octanol–water partition coefficient (Wildman–Crippen LogP) is 1.78. The fraction of sp³-hybridized carbons (Fsp3) is 0.500. The van der Waals surface area contributed by atoms with Crippen LogP contribution in [0.3, 0.4) is 0 Å². The minimum absolute atomic E-state index is 0.0533. The second kappa shape index (κ2) is 5.66. The molecule has 0 unspecified atom stereocenters. The summed E-state index contributed by atoms with van der Waals surface area (Å²) < 4.78 is 37.7. The van der Waals surface area contributed by atoms with Crippen LogP contribution in [0, 0.1) is 5.92 Å². The quantitative estimate of drug-likeness (QED) is 0.643. The fourth-order valence-electron chi connectivity index (χ4n) is 2.23. The van der Waals surface area contributed by atoms with Gasteiger partial charge in [-0.2, -0.15) is 13.2 Å². The third-order valence-corrected chi connectivity index (χ3v) is 3.40. The maximum Gasteiger partial charge on any atom is 0.391 e. The van der Waals surface area contributed by atoms with Crippen molar-refractivity contribution in [1.29, 1.82) is 0 Å². The zero-order valence-corrected chi connectivity index (χ0v) is 10.7. The van der Waals surface area contributed by atoms with Crippen LogP contribution in [-0.2, 0) is 0 Å². The number of hydrogen-bond acceptors (Lipinski definition) is 4. The van der Waals surface area contributed by atoms with Crippen LogP contribution in [0.1, 0.15) is 23.2 Å². The Labute approximate surface area is 113 Å². The van der Waals surface area contributed by atoms with E-state index in [1.165, 1.54) is 23.2 Å². The first-order chi connectivity index (χ1) is 9.41. The topological polar surface area (TPSA) is 71.2 Å². The van der Waals surface area contributed by atoms with Crippen LogP contribution in [0.2, 0.25) is 0 Å². The third kappa shape index (κ3) is 3.19. The van der Waals surface area contributed by atoms with Crippen LogP contribution in [0.25, 0.3) is 0 Å². The first kappa shape index (κ1) is 14.6. The van der Waals surface area contributed by atoms with Gasteiger partial charge in [-0.1, -0.05) is 0 Å². The van der Waals surface area contributed by atoms with Gasteiger partial charge in [-0.25, -0.2) is 10.8 Å². The van der Waals surface area contributed by atoms with E-state index in [4.69, 9.17) is 5.84 Å². The molecule has 5 nitrogen and oxygen atoms in total. The van der Waals surface area contributed by atoms with Gasteiger partial charge >= 0.3 is 6.18 Å². The lowest BCUT2D eigenvalue weighted by Gasteiger charge is -2.33. The molecule has 1 fully saturated rings. The predicted molar refractivity (Wildman–Crippen MR) is 66.7 cm³/mol. The summed E-state index contributed by atoms with van der Waals surface area (Å²) in [4.78, 5) is 17.5. The van der Waals surface area contributed by atoms with E-state index in [1.54, 1.807) is 0 Å². The molecule has 1 aromatic heterocycles. The van der Waals surface area contributed by atoms with Crippen molar-refractivity contribution in [3.05, 3.63) is 23.9 Å². The van der Waals surface area contributed by atoms with Crippen molar-refractivity contribution in [2.45, 2.75) is 19.0 Å². The number of carbonyl (C=O) groups excluding carboxylic acids is 1. The number of nitrogens with two attached hydrogens (primary N) is 1. The molecule has 0 aromatic carbocycles. The molecule has 0 spiro atoms. The second-order valence-corrected chi connectivity index (χ2v) is 4.68. The molecular weight excluding hydrogens is 273 g/mol. The summed E-state index contributed by atoms with van der Waals surface area (Å²) in [5.41, 5.74) is 2.68. The monoisotopic (exact) mass is 288 g/mol. The van der Waals surface area contributed by atoms with Crippen LogP contribution in [0.5, 0.6) is 0 Å². The second-order valence-electron chi connectivity index (χ2n) is 4.68. The van der Waals surface area contributed by atoms with Crippen LogP contribution < -0.4 is 11.3 Å². The van der Waals surface area contributed by atoms with Crippen molar-refractivity contribution in [3.63, 3.8) is 0 Å². The highest BCUT2D eigenvalue weighted by molar-refractivity contribution is 5.94. The molecule has 3 N–H and O–H groups in total. The normalized spacial score (nSPS) is 17.1. The van der Waals surface area contributed by atoms with Crippen molar-refractivity contribution >= 4 is 11.7 Å². The lowest BCUT2D eigenvalue weighted by atomic mass is 9.96. The van der Waals surface area contributed by atoms with Gasteiger partial charge in [0.1, 0.15) is 5.82 Å². The Morgan fingerprint density at radius 3 is 2.60 bits per heavy atom. The summed E-state index contributed by atoms with van der Waals surface area (Å²) in [6.07, 6.45) is -2.86.